The van der Waals surface area contributed by atoms with Gasteiger partial charge in [0.15, 0.2) is 6.29 Å². The monoisotopic (exact) mass is 315 g/mol. The second kappa shape index (κ2) is 5.22. The minimum Gasteiger partial charge on any atom is -0.497 e. The summed E-state index contributed by atoms with van der Waals surface area (Å²) in [6.45, 7) is 0.833. The van der Waals surface area contributed by atoms with E-state index in [4.69, 9.17) is 18.6 Å². The maximum absolute atomic E-state index is 11.4. The van der Waals surface area contributed by atoms with Crippen molar-refractivity contribution in [2.24, 2.45) is 0 Å². The molecule has 2 aromatic carbocycles. The van der Waals surface area contributed by atoms with Gasteiger partial charge in [0.2, 0.25) is 0 Å². The average Bonchev–Trinajstić information content (AvgIpc) is 3.20. The van der Waals surface area contributed by atoms with E-state index in [0.29, 0.717) is 35.7 Å². The van der Waals surface area contributed by atoms with E-state index >= 15 is 0 Å². The molecule has 0 saturated carbocycles. The van der Waals surface area contributed by atoms with E-state index < -0.39 is 11.2 Å². The molecule has 0 spiro atoms. The highest BCUT2D eigenvalue weighted by Gasteiger charge is 2.28. The fourth-order valence-corrected chi connectivity index (χ4v) is 2.82. The Hall–Kier alpha value is -2.64. The van der Waals surface area contributed by atoms with Crippen LogP contribution in [0.5, 0.6) is 5.75 Å². The van der Waals surface area contributed by atoms with Crippen LogP contribution in [0.2, 0.25) is 0 Å². The average molecular weight is 315 g/mol. The van der Waals surface area contributed by atoms with Crippen molar-refractivity contribution >= 4 is 27.6 Å². The van der Waals surface area contributed by atoms with Crippen molar-refractivity contribution in [1.82, 2.24) is 0 Å². The zero-order chi connectivity index (χ0) is 16.0. The molecule has 1 aliphatic rings. The number of nitro benzene ring substituents is 1. The standard InChI is InChI=1S/C16H13NO6/c1-20-9-2-3-14-10(6-9)11-7-12(16-21-4-5-22-16)13(17(18)19)8-15(11)23-14/h2-3,6-8,16H,4-5H2,1H3. The smallest absolute Gasteiger partial charge is 0.281 e. The van der Waals surface area contributed by atoms with E-state index in [9.17, 15) is 10.1 Å². The first-order chi connectivity index (χ1) is 11.2. The van der Waals surface area contributed by atoms with E-state index in [0.717, 1.165) is 10.8 Å². The van der Waals surface area contributed by atoms with Crippen LogP contribution < -0.4 is 4.74 Å². The third-order valence-corrected chi connectivity index (χ3v) is 3.90. The summed E-state index contributed by atoms with van der Waals surface area (Å²) in [7, 11) is 1.58. The molecule has 0 radical (unpaired) electrons. The molecule has 0 aliphatic carbocycles. The Balaban J connectivity index is 2.00. The number of fused-ring (bicyclic) bond motifs is 3. The van der Waals surface area contributed by atoms with Crippen LogP contribution in [0.25, 0.3) is 21.9 Å². The molecule has 1 aliphatic heterocycles. The lowest BCUT2D eigenvalue weighted by Crippen LogP contribution is -2.03. The molecule has 23 heavy (non-hydrogen) atoms. The van der Waals surface area contributed by atoms with Crippen LogP contribution in [0.15, 0.2) is 34.7 Å². The Morgan fingerprint density at radius 2 is 1.87 bits per heavy atom. The largest absolute Gasteiger partial charge is 0.497 e. The summed E-state index contributed by atoms with van der Waals surface area (Å²) >= 11 is 0. The minimum atomic E-state index is -0.727. The minimum absolute atomic E-state index is 0.0737. The predicted octanol–water partition coefficient (Wildman–Crippen LogP) is 3.55. The summed E-state index contributed by atoms with van der Waals surface area (Å²) in [4.78, 5) is 10.9. The van der Waals surface area contributed by atoms with Crippen LogP contribution in [-0.2, 0) is 9.47 Å². The number of furan rings is 1. The van der Waals surface area contributed by atoms with Crippen molar-refractivity contribution in [2.75, 3.05) is 20.3 Å². The zero-order valence-corrected chi connectivity index (χ0v) is 12.3. The normalized spacial score (nSPS) is 15.5. The summed E-state index contributed by atoms with van der Waals surface area (Å²) in [6, 6.07) is 8.52. The molecule has 0 atom stereocenters. The maximum Gasteiger partial charge on any atom is 0.281 e. The second-order valence-electron chi connectivity index (χ2n) is 5.20. The van der Waals surface area contributed by atoms with Crippen LogP contribution in [0.4, 0.5) is 5.69 Å². The number of ether oxygens (including phenoxy) is 3. The summed E-state index contributed by atoms with van der Waals surface area (Å²) in [5.41, 5.74) is 1.41. The first-order valence-electron chi connectivity index (χ1n) is 7.09. The molecule has 1 aromatic heterocycles. The number of nitrogens with zero attached hydrogens (tertiary/aromatic N) is 1. The van der Waals surface area contributed by atoms with E-state index in [2.05, 4.69) is 0 Å². The van der Waals surface area contributed by atoms with Crippen molar-refractivity contribution < 1.29 is 23.6 Å². The molecule has 4 rings (SSSR count). The number of benzene rings is 2. The molecule has 0 N–H and O–H groups in total. The van der Waals surface area contributed by atoms with Crippen LogP contribution in [-0.4, -0.2) is 25.2 Å². The van der Waals surface area contributed by atoms with Gasteiger partial charge in [-0.15, -0.1) is 0 Å². The van der Waals surface area contributed by atoms with Crippen molar-refractivity contribution in [3.8, 4) is 5.75 Å². The lowest BCUT2D eigenvalue weighted by atomic mass is 10.1. The van der Waals surface area contributed by atoms with E-state index in [1.54, 1.807) is 25.3 Å². The Bertz CT molecular complexity index is 910. The summed E-state index contributed by atoms with van der Waals surface area (Å²) < 4.78 is 21.8. The molecule has 1 saturated heterocycles. The Morgan fingerprint density at radius 3 is 2.57 bits per heavy atom. The van der Waals surface area contributed by atoms with Gasteiger partial charge >= 0.3 is 0 Å². The number of nitro groups is 1. The molecule has 0 amide bonds. The van der Waals surface area contributed by atoms with E-state index in [-0.39, 0.29) is 5.69 Å². The maximum atomic E-state index is 11.4. The molecule has 2 heterocycles. The topological polar surface area (TPSA) is 84.0 Å². The highest BCUT2D eigenvalue weighted by Crippen LogP contribution is 2.39. The molecule has 0 bridgehead atoms. The van der Waals surface area contributed by atoms with Gasteiger partial charge in [-0.1, -0.05) is 0 Å². The molecule has 0 unspecified atom stereocenters. The quantitative estimate of drug-likeness (QED) is 0.543. The highest BCUT2D eigenvalue weighted by atomic mass is 16.7. The molecule has 1 fully saturated rings. The Labute approximate surface area is 130 Å². The summed E-state index contributed by atoms with van der Waals surface area (Å²) in [6.07, 6.45) is -0.727. The fourth-order valence-electron chi connectivity index (χ4n) is 2.82. The molecular formula is C16H13NO6. The number of hydrogen-bond acceptors (Lipinski definition) is 6. The van der Waals surface area contributed by atoms with Crippen LogP contribution in [0.1, 0.15) is 11.9 Å². The van der Waals surface area contributed by atoms with Crippen molar-refractivity contribution in [2.45, 2.75) is 6.29 Å². The first-order valence-corrected chi connectivity index (χ1v) is 7.09. The van der Waals surface area contributed by atoms with E-state index in [1.165, 1.54) is 6.07 Å². The van der Waals surface area contributed by atoms with Crippen molar-refractivity contribution in [1.29, 1.82) is 0 Å². The van der Waals surface area contributed by atoms with Crippen molar-refractivity contribution in [3.05, 3.63) is 46.0 Å². The van der Waals surface area contributed by atoms with Gasteiger partial charge in [-0.3, -0.25) is 10.1 Å². The highest BCUT2D eigenvalue weighted by molar-refractivity contribution is 6.06. The fraction of sp³-hybridized carbons (Fsp3) is 0.250. The molecule has 7 nitrogen and oxygen atoms in total. The number of hydrogen-bond donors (Lipinski definition) is 0. The van der Waals surface area contributed by atoms with Gasteiger partial charge in [-0.25, -0.2) is 0 Å². The van der Waals surface area contributed by atoms with Crippen LogP contribution in [0, 0.1) is 10.1 Å². The van der Waals surface area contributed by atoms with Crippen LogP contribution >= 0.6 is 0 Å². The van der Waals surface area contributed by atoms with Gasteiger partial charge in [0, 0.05) is 10.8 Å². The van der Waals surface area contributed by atoms with E-state index in [1.807, 2.05) is 6.07 Å². The molecule has 118 valence electrons. The third-order valence-electron chi connectivity index (χ3n) is 3.90. The third kappa shape index (κ3) is 2.21. The lowest BCUT2D eigenvalue weighted by Gasteiger charge is -2.09. The predicted molar refractivity (Wildman–Crippen MR) is 81.6 cm³/mol. The van der Waals surface area contributed by atoms with Gasteiger partial charge < -0.3 is 18.6 Å². The van der Waals surface area contributed by atoms with Gasteiger partial charge in [0.1, 0.15) is 16.9 Å². The van der Waals surface area contributed by atoms with Gasteiger partial charge in [-0.05, 0) is 24.3 Å². The second-order valence-corrected chi connectivity index (χ2v) is 5.20. The zero-order valence-electron chi connectivity index (χ0n) is 12.3. The number of rotatable bonds is 3. The SMILES string of the molecule is COc1ccc2oc3cc([N+](=O)[O-])c(C4OCCO4)cc3c2c1. The Kier molecular flexibility index (Phi) is 3.17. The summed E-state index contributed by atoms with van der Waals surface area (Å²) in [5, 5.41) is 13.0. The van der Waals surface area contributed by atoms with Crippen molar-refractivity contribution in [3.63, 3.8) is 0 Å². The number of methoxy groups -OCH3 is 1. The van der Waals surface area contributed by atoms with Crippen LogP contribution in [0.3, 0.4) is 0 Å². The van der Waals surface area contributed by atoms with Gasteiger partial charge in [-0.2, -0.15) is 0 Å². The van der Waals surface area contributed by atoms with Gasteiger partial charge in [0.25, 0.3) is 5.69 Å². The molecule has 3 aromatic rings. The first kappa shape index (κ1) is 14.0. The Morgan fingerprint density at radius 1 is 1.13 bits per heavy atom. The van der Waals surface area contributed by atoms with Gasteiger partial charge in [0.05, 0.1) is 36.9 Å². The lowest BCUT2D eigenvalue weighted by molar-refractivity contribution is -0.386. The molecule has 7 heteroatoms. The summed E-state index contributed by atoms with van der Waals surface area (Å²) in [5.74, 6) is 0.688. The molecular weight excluding hydrogens is 302 g/mol.